The molecular weight excluding hydrogens is 374 g/mol. The molecule has 1 aliphatic carbocycles. The number of hydrogen-bond donors (Lipinski definition) is 1. The molecular formula is C25H39N3O2. The van der Waals surface area contributed by atoms with E-state index in [4.69, 9.17) is 0 Å². The van der Waals surface area contributed by atoms with Gasteiger partial charge >= 0.3 is 0 Å². The zero-order chi connectivity index (χ0) is 21.3. The number of carbonyl (C=O) groups excluding carboxylic acids is 2. The maximum atomic E-state index is 11.9. The van der Waals surface area contributed by atoms with Crippen molar-refractivity contribution >= 4 is 23.7 Å². The second-order valence-electron chi connectivity index (χ2n) is 9.18. The zero-order valence-electron chi connectivity index (χ0n) is 18.9. The number of amides is 2. The Morgan fingerprint density at radius 1 is 1.20 bits per heavy atom. The van der Waals surface area contributed by atoms with Crippen LogP contribution in [-0.2, 0) is 9.59 Å². The van der Waals surface area contributed by atoms with E-state index in [2.05, 4.69) is 34.2 Å². The lowest BCUT2D eigenvalue weighted by molar-refractivity contribution is -0.121. The lowest BCUT2D eigenvalue weighted by Gasteiger charge is -2.37. The molecule has 1 atom stereocenters. The van der Waals surface area contributed by atoms with Crippen LogP contribution in [0, 0.1) is 12.8 Å². The highest BCUT2D eigenvalue weighted by molar-refractivity contribution is 5.91. The minimum absolute atomic E-state index is 0.0837. The van der Waals surface area contributed by atoms with Crippen molar-refractivity contribution in [1.29, 1.82) is 0 Å². The number of rotatable bonds is 9. The van der Waals surface area contributed by atoms with Crippen LogP contribution in [0.2, 0.25) is 0 Å². The van der Waals surface area contributed by atoms with Gasteiger partial charge in [0.2, 0.25) is 12.3 Å². The molecule has 2 fully saturated rings. The molecule has 1 saturated carbocycles. The second kappa shape index (κ2) is 11.4. The Bertz CT molecular complexity index is 700. The summed E-state index contributed by atoms with van der Waals surface area (Å²) in [5.41, 5.74) is 3.37. The molecule has 0 radical (unpaired) electrons. The second-order valence-corrected chi connectivity index (χ2v) is 9.18. The molecule has 1 N–H and O–H groups in total. The molecule has 2 amide bonds. The summed E-state index contributed by atoms with van der Waals surface area (Å²) in [4.78, 5) is 28.1. The van der Waals surface area contributed by atoms with Crippen molar-refractivity contribution in [1.82, 2.24) is 4.90 Å². The monoisotopic (exact) mass is 413 g/mol. The van der Waals surface area contributed by atoms with Crippen LogP contribution in [0.1, 0.15) is 76.7 Å². The fourth-order valence-corrected chi connectivity index (χ4v) is 5.12. The van der Waals surface area contributed by atoms with E-state index in [0.29, 0.717) is 18.4 Å². The standard InChI is InChI=1S/C25H39N3O2/c1-3-8-25(30)26-22-12-13-24(20(2)17-22)27-15-7-9-21(18-27)14-16-28(19-29)23-10-5-4-6-11-23/h12-13,17,19,21,23H,3-11,14-16,18H2,1-2H3,(H,26,30). The van der Waals surface area contributed by atoms with Crippen LogP contribution in [0.4, 0.5) is 11.4 Å². The van der Waals surface area contributed by atoms with E-state index in [0.717, 1.165) is 44.6 Å². The number of piperidine rings is 1. The van der Waals surface area contributed by atoms with E-state index < -0.39 is 0 Å². The third-order valence-corrected chi connectivity index (χ3v) is 6.79. The van der Waals surface area contributed by atoms with Gasteiger partial charge in [-0.3, -0.25) is 9.59 Å². The molecule has 2 aliphatic rings. The average molecular weight is 414 g/mol. The van der Waals surface area contributed by atoms with Crippen LogP contribution in [0.25, 0.3) is 0 Å². The number of carbonyl (C=O) groups is 2. The lowest BCUT2D eigenvalue weighted by atomic mass is 9.91. The van der Waals surface area contributed by atoms with E-state index >= 15 is 0 Å². The van der Waals surface area contributed by atoms with Crippen LogP contribution in [-0.4, -0.2) is 42.9 Å². The number of benzene rings is 1. The number of hydrogen-bond acceptors (Lipinski definition) is 3. The van der Waals surface area contributed by atoms with Crippen molar-refractivity contribution in [2.75, 3.05) is 29.9 Å². The Morgan fingerprint density at radius 3 is 2.70 bits per heavy atom. The topological polar surface area (TPSA) is 52.7 Å². The highest BCUT2D eigenvalue weighted by atomic mass is 16.1. The van der Waals surface area contributed by atoms with Gasteiger partial charge in [-0.05, 0) is 75.1 Å². The van der Waals surface area contributed by atoms with Gasteiger partial charge in [0.15, 0.2) is 0 Å². The molecule has 0 spiro atoms. The summed E-state index contributed by atoms with van der Waals surface area (Å²) in [5.74, 6) is 0.716. The fraction of sp³-hybridized carbons (Fsp3) is 0.680. The Morgan fingerprint density at radius 2 is 2.00 bits per heavy atom. The first-order chi connectivity index (χ1) is 14.6. The summed E-state index contributed by atoms with van der Waals surface area (Å²) in [6.07, 6.45) is 12.3. The molecule has 30 heavy (non-hydrogen) atoms. The van der Waals surface area contributed by atoms with Crippen LogP contribution in [0.5, 0.6) is 0 Å². The summed E-state index contributed by atoms with van der Waals surface area (Å²) < 4.78 is 0. The Kier molecular flexibility index (Phi) is 8.59. The van der Waals surface area contributed by atoms with Crippen molar-refractivity contribution in [2.45, 2.75) is 84.1 Å². The van der Waals surface area contributed by atoms with Crippen LogP contribution in [0.15, 0.2) is 18.2 Å². The predicted molar refractivity (Wildman–Crippen MR) is 124 cm³/mol. The Labute approximate surface area is 182 Å². The number of nitrogens with one attached hydrogen (secondary N) is 1. The summed E-state index contributed by atoms with van der Waals surface area (Å²) in [6, 6.07) is 6.73. The largest absolute Gasteiger partial charge is 0.371 e. The van der Waals surface area contributed by atoms with E-state index in [9.17, 15) is 9.59 Å². The Hall–Kier alpha value is -2.04. The van der Waals surface area contributed by atoms with E-state index in [-0.39, 0.29) is 5.91 Å². The molecule has 0 aromatic heterocycles. The summed E-state index contributed by atoms with van der Waals surface area (Å²) in [6.45, 7) is 7.18. The molecule has 0 bridgehead atoms. The third kappa shape index (κ3) is 6.23. The van der Waals surface area contributed by atoms with E-state index in [1.54, 1.807) is 0 Å². The van der Waals surface area contributed by atoms with Crippen molar-refractivity contribution in [2.24, 2.45) is 5.92 Å². The zero-order valence-corrected chi connectivity index (χ0v) is 18.9. The molecule has 166 valence electrons. The van der Waals surface area contributed by atoms with Gasteiger partial charge < -0.3 is 15.1 Å². The highest BCUT2D eigenvalue weighted by Gasteiger charge is 2.24. The normalized spacial score (nSPS) is 20.1. The quantitative estimate of drug-likeness (QED) is 0.571. The SMILES string of the molecule is CCCC(=O)Nc1ccc(N2CCCC(CCN(C=O)C3CCCCC3)C2)c(C)c1. The van der Waals surface area contributed by atoms with Crippen molar-refractivity contribution < 1.29 is 9.59 Å². The minimum Gasteiger partial charge on any atom is -0.371 e. The predicted octanol–water partition coefficient (Wildman–Crippen LogP) is 5.13. The molecule has 3 rings (SSSR count). The first-order valence-electron chi connectivity index (χ1n) is 12.0. The van der Waals surface area contributed by atoms with Gasteiger partial charge in [0.1, 0.15) is 0 Å². The van der Waals surface area contributed by atoms with Gasteiger partial charge in [0, 0.05) is 43.5 Å². The summed E-state index contributed by atoms with van der Waals surface area (Å²) >= 11 is 0. The molecule has 1 aromatic rings. The average Bonchev–Trinajstić information content (AvgIpc) is 2.75. The van der Waals surface area contributed by atoms with Gasteiger partial charge in [-0.25, -0.2) is 0 Å². The molecule has 5 nitrogen and oxygen atoms in total. The maximum absolute atomic E-state index is 11.9. The highest BCUT2D eigenvalue weighted by Crippen LogP contribution is 2.30. The van der Waals surface area contributed by atoms with Gasteiger partial charge in [-0.1, -0.05) is 26.2 Å². The maximum Gasteiger partial charge on any atom is 0.224 e. The first kappa shape index (κ1) is 22.6. The number of anilines is 2. The number of nitrogens with zero attached hydrogens (tertiary/aromatic N) is 2. The molecule has 5 heteroatoms. The number of aryl methyl sites for hydroxylation is 1. The molecule has 1 aliphatic heterocycles. The van der Waals surface area contributed by atoms with Crippen molar-refractivity contribution in [3.8, 4) is 0 Å². The first-order valence-corrected chi connectivity index (χ1v) is 12.0. The Balaban J connectivity index is 1.55. The lowest BCUT2D eigenvalue weighted by Crippen LogP contribution is -2.40. The van der Waals surface area contributed by atoms with Gasteiger partial charge in [-0.2, -0.15) is 0 Å². The van der Waals surface area contributed by atoms with E-state index in [1.165, 1.54) is 56.2 Å². The van der Waals surface area contributed by atoms with Gasteiger partial charge in [0.25, 0.3) is 0 Å². The fourth-order valence-electron chi connectivity index (χ4n) is 5.12. The van der Waals surface area contributed by atoms with Crippen molar-refractivity contribution in [3.05, 3.63) is 23.8 Å². The summed E-state index contributed by atoms with van der Waals surface area (Å²) in [7, 11) is 0. The smallest absolute Gasteiger partial charge is 0.224 e. The van der Waals surface area contributed by atoms with Gasteiger partial charge in [-0.15, -0.1) is 0 Å². The third-order valence-electron chi connectivity index (χ3n) is 6.79. The molecule has 1 heterocycles. The van der Waals surface area contributed by atoms with E-state index in [1.807, 2.05) is 13.0 Å². The minimum atomic E-state index is 0.0837. The van der Waals surface area contributed by atoms with Crippen LogP contribution >= 0.6 is 0 Å². The van der Waals surface area contributed by atoms with Gasteiger partial charge in [0.05, 0.1) is 0 Å². The summed E-state index contributed by atoms with van der Waals surface area (Å²) in [5, 5.41) is 3.00. The molecule has 1 aromatic carbocycles. The van der Waals surface area contributed by atoms with Crippen molar-refractivity contribution in [3.63, 3.8) is 0 Å². The van der Waals surface area contributed by atoms with Crippen LogP contribution < -0.4 is 10.2 Å². The van der Waals surface area contributed by atoms with Crippen LogP contribution in [0.3, 0.4) is 0 Å². The molecule has 1 unspecified atom stereocenters. The molecule has 1 saturated heterocycles.